The summed E-state index contributed by atoms with van der Waals surface area (Å²) in [5, 5.41) is 2.75. The second kappa shape index (κ2) is 5.07. The summed E-state index contributed by atoms with van der Waals surface area (Å²) in [4.78, 5) is 16.1. The van der Waals surface area contributed by atoms with Gasteiger partial charge in [0.15, 0.2) is 0 Å². The molecule has 1 aromatic heterocycles. The van der Waals surface area contributed by atoms with Crippen molar-refractivity contribution < 1.29 is 9.53 Å². The summed E-state index contributed by atoms with van der Waals surface area (Å²) in [5.74, 6) is 0.386. The maximum Gasteiger partial charge on any atom is 0.257 e. The third-order valence-electron chi connectivity index (χ3n) is 2.74. The highest BCUT2D eigenvalue weighted by Crippen LogP contribution is 2.16. The smallest absolute Gasteiger partial charge is 0.257 e. The Hall–Kier alpha value is -1.42. The van der Waals surface area contributed by atoms with Crippen LogP contribution in [0.15, 0.2) is 18.2 Å². The van der Waals surface area contributed by atoms with E-state index in [1.807, 2.05) is 26.0 Å². The lowest BCUT2D eigenvalue weighted by Gasteiger charge is -2.24. The Morgan fingerprint density at radius 2 is 2.25 bits per heavy atom. The molecule has 0 aliphatic rings. The SMILES string of the molecule is CCC(C)(OC)C(=O)Nc1cccc(C)n1. The fourth-order valence-corrected chi connectivity index (χ4v) is 1.26. The topological polar surface area (TPSA) is 51.2 Å². The van der Waals surface area contributed by atoms with Gasteiger partial charge in [0.1, 0.15) is 11.4 Å². The lowest BCUT2D eigenvalue weighted by Crippen LogP contribution is -2.41. The van der Waals surface area contributed by atoms with E-state index in [0.717, 1.165) is 5.69 Å². The number of anilines is 1. The zero-order valence-corrected chi connectivity index (χ0v) is 10.2. The molecule has 88 valence electrons. The van der Waals surface area contributed by atoms with Crippen LogP contribution in [0.2, 0.25) is 0 Å². The average molecular weight is 222 g/mol. The fourth-order valence-electron chi connectivity index (χ4n) is 1.26. The van der Waals surface area contributed by atoms with Crippen molar-refractivity contribution in [1.82, 2.24) is 4.98 Å². The predicted molar refractivity (Wildman–Crippen MR) is 63.3 cm³/mol. The largest absolute Gasteiger partial charge is 0.369 e. The van der Waals surface area contributed by atoms with Gasteiger partial charge < -0.3 is 10.1 Å². The Morgan fingerprint density at radius 3 is 2.75 bits per heavy atom. The van der Waals surface area contributed by atoms with Crippen molar-refractivity contribution in [3.8, 4) is 0 Å². The number of hydrogen-bond acceptors (Lipinski definition) is 3. The molecule has 0 aliphatic carbocycles. The normalized spacial score (nSPS) is 14.2. The summed E-state index contributed by atoms with van der Waals surface area (Å²) >= 11 is 0. The van der Waals surface area contributed by atoms with E-state index in [-0.39, 0.29) is 5.91 Å². The first kappa shape index (κ1) is 12.6. The van der Waals surface area contributed by atoms with E-state index in [0.29, 0.717) is 12.2 Å². The third-order valence-corrected chi connectivity index (χ3v) is 2.74. The van der Waals surface area contributed by atoms with Gasteiger partial charge in [-0.2, -0.15) is 0 Å². The molecule has 0 aromatic carbocycles. The van der Waals surface area contributed by atoms with Crippen LogP contribution in [0.3, 0.4) is 0 Å². The van der Waals surface area contributed by atoms with Crippen molar-refractivity contribution in [3.05, 3.63) is 23.9 Å². The van der Waals surface area contributed by atoms with E-state index in [4.69, 9.17) is 4.74 Å². The third kappa shape index (κ3) is 2.79. The van der Waals surface area contributed by atoms with Crippen molar-refractivity contribution >= 4 is 11.7 Å². The van der Waals surface area contributed by atoms with Gasteiger partial charge in [0.25, 0.3) is 5.91 Å². The molecule has 0 aliphatic heterocycles. The monoisotopic (exact) mass is 222 g/mol. The molecular formula is C12H18N2O2. The summed E-state index contributed by atoms with van der Waals surface area (Å²) in [5.41, 5.74) is 0.0687. The highest BCUT2D eigenvalue weighted by Gasteiger charge is 2.31. The predicted octanol–water partition coefficient (Wildman–Crippen LogP) is 2.14. The number of aryl methyl sites for hydroxylation is 1. The number of amides is 1. The molecule has 1 unspecified atom stereocenters. The molecule has 4 nitrogen and oxygen atoms in total. The van der Waals surface area contributed by atoms with Crippen LogP contribution in [0, 0.1) is 6.92 Å². The lowest BCUT2D eigenvalue weighted by molar-refractivity contribution is -0.136. The molecule has 0 fully saturated rings. The molecular weight excluding hydrogens is 204 g/mol. The summed E-state index contributed by atoms with van der Waals surface area (Å²) in [7, 11) is 1.53. The van der Waals surface area contributed by atoms with Gasteiger partial charge in [0.2, 0.25) is 0 Å². The number of methoxy groups -OCH3 is 1. The van der Waals surface area contributed by atoms with Crippen molar-refractivity contribution in [1.29, 1.82) is 0 Å². The quantitative estimate of drug-likeness (QED) is 0.849. The second-order valence-corrected chi connectivity index (χ2v) is 3.91. The van der Waals surface area contributed by atoms with Gasteiger partial charge in [0.05, 0.1) is 0 Å². The Bertz CT molecular complexity index is 373. The van der Waals surface area contributed by atoms with Gasteiger partial charge in [-0.15, -0.1) is 0 Å². The molecule has 0 saturated carbocycles. The highest BCUT2D eigenvalue weighted by molar-refractivity contribution is 5.96. The molecule has 1 rings (SSSR count). The van der Waals surface area contributed by atoms with E-state index in [9.17, 15) is 4.79 Å². The second-order valence-electron chi connectivity index (χ2n) is 3.91. The Labute approximate surface area is 96.0 Å². The molecule has 0 spiro atoms. The zero-order valence-electron chi connectivity index (χ0n) is 10.2. The number of carbonyl (C=O) groups excluding carboxylic acids is 1. The summed E-state index contributed by atoms with van der Waals surface area (Å²) in [6.45, 7) is 5.55. The van der Waals surface area contributed by atoms with Crippen LogP contribution < -0.4 is 5.32 Å². The Kier molecular flexibility index (Phi) is 4.01. The standard InChI is InChI=1S/C12H18N2O2/c1-5-12(3,16-4)11(15)14-10-8-6-7-9(2)13-10/h6-8H,5H2,1-4H3,(H,13,14,15). The number of rotatable bonds is 4. The molecule has 1 N–H and O–H groups in total. The number of carbonyl (C=O) groups is 1. The molecule has 0 saturated heterocycles. The Morgan fingerprint density at radius 1 is 1.56 bits per heavy atom. The van der Waals surface area contributed by atoms with Crippen molar-refractivity contribution in [2.24, 2.45) is 0 Å². The van der Waals surface area contributed by atoms with Gasteiger partial charge in [-0.3, -0.25) is 4.79 Å². The average Bonchev–Trinajstić information content (AvgIpc) is 2.28. The van der Waals surface area contributed by atoms with E-state index < -0.39 is 5.60 Å². The fraction of sp³-hybridized carbons (Fsp3) is 0.500. The van der Waals surface area contributed by atoms with Crippen molar-refractivity contribution in [2.45, 2.75) is 32.8 Å². The van der Waals surface area contributed by atoms with Crippen LogP contribution >= 0.6 is 0 Å². The summed E-state index contributed by atoms with van der Waals surface area (Å²) < 4.78 is 5.21. The van der Waals surface area contributed by atoms with Gasteiger partial charge in [-0.25, -0.2) is 4.98 Å². The van der Waals surface area contributed by atoms with Crippen LogP contribution in [0.5, 0.6) is 0 Å². The molecule has 0 bridgehead atoms. The zero-order chi connectivity index (χ0) is 12.2. The van der Waals surface area contributed by atoms with E-state index in [1.54, 1.807) is 13.0 Å². The Balaban J connectivity index is 2.78. The molecule has 4 heteroatoms. The van der Waals surface area contributed by atoms with Crippen molar-refractivity contribution in [2.75, 3.05) is 12.4 Å². The van der Waals surface area contributed by atoms with Crippen LogP contribution in [-0.4, -0.2) is 23.6 Å². The molecule has 1 atom stereocenters. The first-order chi connectivity index (χ1) is 7.51. The first-order valence-corrected chi connectivity index (χ1v) is 5.32. The highest BCUT2D eigenvalue weighted by atomic mass is 16.5. The van der Waals surface area contributed by atoms with Crippen LogP contribution in [0.1, 0.15) is 26.0 Å². The first-order valence-electron chi connectivity index (χ1n) is 5.32. The summed E-state index contributed by atoms with van der Waals surface area (Å²) in [6.07, 6.45) is 0.612. The van der Waals surface area contributed by atoms with Gasteiger partial charge in [-0.1, -0.05) is 13.0 Å². The molecule has 1 amide bonds. The number of pyridine rings is 1. The van der Waals surface area contributed by atoms with E-state index >= 15 is 0 Å². The number of ether oxygens (including phenoxy) is 1. The van der Waals surface area contributed by atoms with Crippen LogP contribution in [0.25, 0.3) is 0 Å². The minimum absolute atomic E-state index is 0.171. The van der Waals surface area contributed by atoms with E-state index in [2.05, 4.69) is 10.3 Å². The molecule has 1 heterocycles. The lowest BCUT2D eigenvalue weighted by atomic mass is 10.0. The minimum atomic E-state index is -0.800. The van der Waals surface area contributed by atoms with Crippen molar-refractivity contribution in [3.63, 3.8) is 0 Å². The number of hydrogen-bond donors (Lipinski definition) is 1. The maximum atomic E-state index is 11.9. The summed E-state index contributed by atoms with van der Waals surface area (Å²) in [6, 6.07) is 5.50. The van der Waals surface area contributed by atoms with Crippen LogP contribution in [-0.2, 0) is 9.53 Å². The molecule has 1 aromatic rings. The van der Waals surface area contributed by atoms with E-state index in [1.165, 1.54) is 7.11 Å². The molecule has 16 heavy (non-hydrogen) atoms. The minimum Gasteiger partial charge on any atom is -0.369 e. The maximum absolute atomic E-state index is 11.9. The van der Waals surface area contributed by atoms with Gasteiger partial charge in [-0.05, 0) is 32.4 Å². The van der Waals surface area contributed by atoms with Gasteiger partial charge >= 0.3 is 0 Å². The number of nitrogens with zero attached hydrogens (tertiary/aromatic N) is 1. The van der Waals surface area contributed by atoms with Gasteiger partial charge in [0, 0.05) is 12.8 Å². The number of nitrogens with one attached hydrogen (secondary N) is 1. The number of aromatic nitrogens is 1. The molecule has 0 radical (unpaired) electrons. The van der Waals surface area contributed by atoms with Crippen LogP contribution in [0.4, 0.5) is 5.82 Å².